The molecule has 0 aliphatic carbocycles. The van der Waals surface area contributed by atoms with E-state index in [1.807, 2.05) is 53.4 Å². The zero-order chi connectivity index (χ0) is 20.8. The maximum atomic E-state index is 13.0. The van der Waals surface area contributed by atoms with Crippen LogP contribution in [0.3, 0.4) is 0 Å². The molecule has 0 saturated carbocycles. The van der Waals surface area contributed by atoms with E-state index in [1.165, 1.54) is 0 Å². The number of nitrogens with one attached hydrogen (secondary N) is 1. The van der Waals surface area contributed by atoms with E-state index in [4.69, 9.17) is 0 Å². The largest absolute Gasteiger partial charge is 0.339 e. The summed E-state index contributed by atoms with van der Waals surface area (Å²) in [6.07, 6.45) is 2.38. The van der Waals surface area contributed by atoms with Crippen LogP contribution in [0.4, 0.5) is 5.69 Å². The van der Waals surface area contributed by atoms with E-state index in [0.29, 0.717) is 17.7 Å². The summed E-state index contributed by atoms with van der Waals surface area (Å²) < 4.78 is 0. The number of amides is 2. The van der Waals surface area contributed by atoms with Crippen LogP contribution < -0.4 is 5.32 Å². The fourth-order valence-corrected chi connectivity index (χ4v) is 4.05. The third-order valence-corrected chi connectivity index (χ3v) is 5.62. The minimum Gasteiger partial charge on any atom is -0.339 e. The highest BCUT2D eigenvalue weighted by molar-refractivity contribution is 6.04. The second-order valence-corrected chi connectivity index (χ2v) is 7.67. The molecule has 0 bridgehead atoms. The summed E-state index contributed by atoms with van der Waals surface area (Å²) in [5, 5.41) is 3.00. The smallest absolute Gasteiger partial charge is 0.255 e. The third kappa shape index (κ3) is 4.60. The van der Waals surface area contributed by atoms with Crippen molar-refractivity contribution in [2.75, 3.05) is 18.4 Å². The number of para-hydroxylation sites is 1. The number of carbonyl (C=O) groups excluding carboxylic acids is 2. The predicted molar refractivity (Wildman–Crippen MR) is 120 cm³/mol. The van der Waals surface area contributed by atoms with Crippen LogP contribution in [0.5, 0.6) is 0 Å². The molecule has 30 heavy (non-hydrogen) atoms. The lowest BCUT2D eigenvalue weighted by Gasteiger charge is -2.20. The Morgan fingerprint density at radius 1 is 0.767 bits per heavy atom. The highest BCUT2D eigenvalue weighted by Gasteiger charge is 2.23. The quantitative estimate of drug-likeness (QED) is 0.629. The molecule has 1 N–H and O–H groups in total. The van der Waals surface area contributed by atoms with Gasteiger partial charge < -0.3 is 10.2 Å². The molecule has 1 saturated heterocycles. The van der Waals surface area contributed by atoms with Crippen molar-refractivity contribution in [2.24, 2.45) is 0 Å². The first-order valence-corrected chi connectivity index (χ1v) is 10.5. The molecule has 2 amide bonds. The number of nitrogens with zero attached hydrogens (tertiary/aromatic N) is 1. The van der Waals surface area contributed by atoms with Gasteiger partial charge in [-0.25, -0.2) is 0 Å². The second-order valence-electron chi connectivity index (χ2n) is 7.67. The Morgan fingerprint density at radius 2 is 1.30 bits per heavy atom. The summed E-state index contributed by atoms with van der Waals surface area (Å²) in [4.78, 5) is 27.8. The molecule has 1 heterocycles. The van der Waals surface area contributed by atoms with Crippen molar-refractivity contribution in [3.63, 3.8) is 0 Å². The molecule has 1 aliphatic heterocycles. The van der Waals surface area contributed by atoms with Crippen LogP contribution in [0.15, 0.2) is 84.9 Å². The summed E-state index contributed by atoms with van der Waals surface area (Å²) >= 11 is 0. The van der Waals surface area contributed by atoms with E-state index < -0.39 is 0 Å². The van der Waals surface area contributed by atoms with Crippen LogP contribution in [0.1, 0.15) is 46.7 Å². The molecular formula is C26H26N2O2. The molecule has 0 aromatic heterocycles. The topological polar surface area (TPSA) is 49.4 Å². The third-order valence-electron chi connectivity index (χ3n) is 5.62. The van der Waals surface area contributed by atoms with Crippen LogP contribution in [-0.4, -0.2) is 29.8 Å². The lowest BCUT2D eigenvalue weighted by Crippen LogP contribution is -2.29. The minimum atomic E-state index is -0.102. The van der Waals surface area contributed by atoms with Gasteiger partial charge in [0, 0.05) is 25.4 Å². The maximum Gasteiger partial charge on any atom is 0.255 e. The minimum absolute atomic E-state index is 0.00827. The first-order chi connectivity index (χ1) is 14.7. The van der Waals surface area contributed by atoms with Crippen molar-refractivity contribution in [1.82, 2.24) is 4.90 Å². The van der Waals surface area contributed by atoms with Gasteiger partial charge in [-0.05, 0) is 36.1 Å². The summed E-state index contributed by atoms with van der Waals surface area (Å²) in [5.41, 5.74) is 3.34. The van der Waals surface area contributed by atoms with Crippen molar-refractivity contribution in [3.8, 4) is 0 Å². The van der Waals surface area contributed by atoms with Gasteiger partial charge in [0.25, 0.3) is 5.91 Å². The van der Waals surface area contributed by atoms with Gasteiger partial charge in [-0.1, -0.05) is 72.8 Å². The number of anilines is 1. The van der Waals surface area contributed by atoms with E-state index in [9.17, 15) is 9.59 Å². The molecule has 4 nitrogen and oxygen atoms in total. The lowest BCUT2D eigenvalue weighted by molar-refractivity contribution is -0.116. The molecule has 0 atom stereocenters. The Bertz CT molecular complexity index is 956. The van der Waals surface area contributed by atoms with E-state index in [0.717, 1.165) is 37.1 Å². The molecule has 1 aliphatic rings. The SMILES string of the molecule is O=C(CC(c1ccccc1)c1ccccc1)Nc1ccccc1C(=O)N1CCCC1. The van der Waals surface area contributed by atoms with Crippen LogP contribution in [0, 0.1) is 0 Å². The molecular weight excluding hydrogens is 372 g/mol. The molecule has 1 fully saturated rings. The Labute approximate surface area is 177 Å². The van der Waals surface area contributed by atoms with E-state index in [2.05, 4.69) is 29.6 Å². The van der Waals surface area contributed by atoms with Crippen molar-refractivity contribution >= 4 is 17.5 Å². The highest BCUT2D eigenvalue weighted by Crippen LogP contribution is 2.29. The molecule has 0 unspecified atom stereocenters. The lowest BCUT2D eigenvalue weighted by atomic mass is 9.88. The monoisotopic (exact) mass is 398 g/mol. The normalized spacial score (nSPS) is 13.4. The Hall–Kier alpha value is -3.40. The molecule has 152 valence electrons. The molecule has 4 rings (SSSR count). The zero-order valence-corrected chi connectivity index (χ0v) is 17.0. The number of hydrogen-bond acceptors (Lipinski definition) is 2. The maximum absolute atomic E-state index is 13.0. The fraction of sp³-hybridized carbons (Fsp3) is 0.231. The summed E-state index contributed by atoms with van der Waals surface area (Å²) in [6.45, 7) is 1.57. The average Bonchev–Trinajstić information content (AvgIpc) is 3.34. The van der Waals surface area contributed by atoms with E-state index in [1.54, 1.807) is 12.1 Å². The van der Waals surface area contributed by atoms with Crippen molar-refractivity contribution in [2.45, 2.75) is 25.2 Å². The van der Waals surface area contributed by atoms with Gasteiger partial charge in [-0.3, -0.25) is 9.59 Å². The van der Waals surface area contributed by atoms with Gasteiger partial charge in [-0.2, -0.15) is 0 Å². The van der Waals surface area contributed by atoms with Gasteiger partial charge in [0.1, 0.15) is 0 Å². The molecule has 0 spiro atoms. The molecule has 4 heteroatoms. The van der Waals surface area contributed by atoms with Crippen molar-refractivity contribution in [1.29, 1.82) is 0 Å². The van der Waals surface area contributed by atoms with Gasteiger partial charge in [0.15, 0.2) is 0 Å². The summed E-state index contributed by atoms with van der Waals surface area (Å²) in [6, 6.07) is 27.4. The average molecular weight is 399 g/mol. The highest BCUT2D eigenvalue weighted by atomic mass is 16.2. The summed E-state index contributed by atoms with van der Waals surface area (Å²) in [5.74, 6) is -0.158. The van der Waals surface area contributed by atoms with Gasteiger partial charge >= 0.3 is 0 Å². The van der Waals surface area contributed by atoms with Crippen LogP contribution in [0.25, 0.3) is 0 Å². The number of hydrogen-bond donors (Lipinski definition) is 1. The Morgan fingerprint density at radius 3 is 1.90 bits per heavy atom. The first kappa shape index (κ1) is 19.9. The van der Waals surface area contributed by atoms with Gasteiger partial charge in [0.2, 0.25) is 5.91 Å². The number of benzene rings is 3. The Kier molecular flexibility index (Phi) is 6.23. The molecule has 3 aromatic rings. The molecule has 0 radical (unpaired) electrons. The zero-order valence-electron chi connectivity index (χ0n) is 17.0. The van der Waals surface area contributed by atoms with Crippen molar-refractivity contribution in [3.05, 3.63) is 102 Å². The first-order valence-electron chi connectivity index (χ1n) is 10.5. The van der Waals surface area contributed by atoms with Crippen molar-refractivity contribution < 1.29 is 9.59 Å². The van der Waals surface area contributed by atoms with Crippen LogP contribution in [0.2, 0.25) is 0 Å². The van der Waals surface area contributed by atoms with Crippen LogP contribution in [-0.2, 0) is 4.79 Å². The van der Waals surface area contributed by atoms with Gasteiger partial charge in [-0.15, -0.1) is 0 Å². The second kappa shape index (κ2) is 9.40. The fourth-order valence-electron chi connectivity index (χ4n) is 4.05. The van der Waals surface area contributed by atoms with E-state index in [-0.39, 0.29) is 17.7 Å². The van der Waals surface area contributed by atoms with Gasteiger partial charge in [0.05, 0.1) is 11.3 Å². The standard InChI is InChI=1S/C26H26N2O2/c29-25(19-23(20-11-3-1-4-12-20)21-13-5-2-6-14-21)27-24-16-8-7-15-22(24)26(30)28-17-9-10-18-28/h1-8,11-16,23H,9-10,17-19H2,(H,27,29). The predicted octanol–water partition coefficient (Wildman–Crippen LogP) is 5.08. The number of likely N-dealkylation sites (tertiary alicyclic amines) is 1. The Balaban J connectivity index is 1.54. The number of rotatable bonds is 6. The van der Waals surface area contributed by atoms with Crippen LogP contribution >= 0.6 is 0 Å². The summed E-state index contributed by atoms with van der Waals surface area (Å²) in [7, 11) is 0. The molecule has 3 aromatic carbocycles. The number of carbonyl (C=O) groups is 2. The van der Waals surface area contributed by atoms with E-state index >= 15 is 0 Å².